The number of nitrogens with one attached hydrogen (secondary N) is 1. The normalized spacial score (nSPS) is 12.2. The van der Waals surface area contributed by atoms with Gasteiger partial charge < -0.3 is 25.6 Å². The van der Waals surface area contributed by atoms with Crippen molar-refractivity contribution in [1.82, 2.24) is 5.32 Å². The number of nitrogens with two attached hydrogens (primary N) is 1. The van der Waals surface area contributed by atoms with Crippen LogP contribution in [0.25, 0.3) is 0 Å². The maximum atomic E-state index is 11.9. The Labute approximate surface area is 170 Å². The van der Waals surface area contributed by atoms with Crippen molar-refractivity contribution in [2.75, 3.05) is 6.54 Å². The van der Waals surface area contributed by atoms with Gasteiger partial charge in [-0.2, -0.15) is 0 Å². The van der Waals surface area contributed by atoms with Gasteiger partial charge in [0.25, 0.3) is 0 Å². The van der Waals surface area contributed by atoms with Gasteiger partial charge in [0.1, 0.15) is 19.3 Å². The third kappa shape index (κ3) is 8.39. The predicted octanol–water partition coefficient (Wildman–Crippen LogP) is 2.16. The molecule has 0 saturated carbocycles. The number of carbonyl (C=O) groups excluding carboxylic acids is 2. The monoisotopic (exact) mass is 408 g/mol. The molecule has 0 bridgehead atoms. The molecule has 7 nitrogen and oxygen atoms in total. The van der Waals surface area contributed by atoms with E-state index in [4.69, 9.17) is 15.2 Å². The average molecular weight is 409 g/mol. The van der Waals surface area contributed by atoms with Gasteiger partial charge >= 0.3 is 12.1 Å². The molecule has 28 heavy (non-hydrogen) atoms. The van der Waals surface area contributed by atoms with Gasteiger partial charge in [0.2, 0.25) is 0 Å². The summed E-state index contributed by atoms with van der Waals surface area (Å²) in [4.78, 5) is 23.5. The van der Waals surface area contributed by atoms with E-state index in [9.17, 15) is 14.7 Å². The van der Waals surface area contributed by atoms with E-state index in [-0.39, 0.29) is 38.6 Å². The van der Waals surface area contributed by atoms with Crippen molar-refractivity contribution in [3.8, 4) is 0 Å². The number of benzene rings is 2. The minimum atomic E-state index is -1.18. The molecular weight excluding hydrogens is 384 g/mol. The first-order valence-corrected chi connectivity index (χ1v) is 8.65. The Morgan fingerprint density at radius 2 is 1.43 bits per heavy atom. The van der Waals surface area contributed by atoms with E-state index in [0.717, 1.165) is 11.1 Å². The van der Waals surface area contributed by atoms with Crippen LogP contribution in [0.15, 0.2) is 60.7 Å². The lowest BCUT2D eigenvalue weighted by atomic mass is 10.1. The van der Waals surface area contributed by atoms with Crippen LogP contribution in [0.4, 0.5) is 4.79 Å². The maximum absolute atomic E-state index is 11.9. The highest BCUT2D eigenvalue weighted by Crippen LogP contribution is 2.05. The highest BCUT2D eigenvalue weighted by molar-refractivity contribution is 5.85. The summed E-state index contributed by atoms with van der Waals surface area (Å²) in [6, 6.07) is 17.2. The predicted molar refractivity (Wildman–Crippen MR) is 107 cm³/mol. The fourth-order valence-electron chi connectivity index (χ4n) is 2.26. The second-order valence-corrected chi connectivity index (χ2v) is 5.96. The smallest absolute Gasteiger partial charge is 0.407 e. The van der Waals surface area contributed by atoms with Gasteiger partial charge in [-0.1, -0.05) is 60.7 Å². The molecule has 0 aromatic heterocycles. The van der Waals surface area contributed by atoms with Gasteiger partial charge in [0, 0.05) is 6.54 Å². The number of ether oxygens (including phenoxy) is 2. The molecule has 0 radical (unpaired) electrons. The Morgan fingerprint density at radius 3 is 1.96 bits per heavy atom. The molecule has 0 spiro atoms. The third-order valence-corrected chi connectivity index (χ3v) is 3.83. The first kappa shape index (κ1) is 23.4. The van der Waals surface area contributed by atoms with E-state index in [1.54, 1.807) is 0 Å². The van der Waals surface area contributed by atoms with Crippen LogP contribution < -0.4 is 11.1 Å². The number of aliphatic hydroxyl groups is 1. The second-order valence-electron chi connectivity index (χ2n) is 5.96. The van der Waals surface area contributed by atoms with Crippen molar-refractivity contribution in [2.24, 2.45) is 5.73 Å². The van der Waals surface area contributed by atoms with E-state index in [1.807, 2.05) is 60.7 Å². The molecule has 2 atom stereocenters. The Hall–Kier alpha value is -2.61. The van der Waals surface area contributed by atoms with Crippen molar-refractivity contribution in [3.05, 3.63) is 71.8 Å². The standard InChI is InChI=1S/C20H24N2O5.ClH/c21-18(19(24)26-13-15-7-3-1-4-8-15)17(23)11-12-22-20(25)27-14-16-9-5-2-6-10-16;/h1-10,17-18,23H,11-14,21H2,(H,22,25);1H. The number of esters is 1. The van der Waals surface area contributed by atoms with Crippen LogP contribution in [0.2, 0.25) is 0 Å². The van der Waals surface area contributed by atoms with Crippen LogP contribution in [0.5, 0.6) is 0 Å². The summed E-state index contributed by atoms with van der Waals surface area (Å²) in [6.07, 6.45) is -1.64. The van der Waals surface area contributed by atoms with Gasteiger partial charge in [-0.3, -0.25) is 4.79 Å². The van der Waals surface area contributed by atoms with E-state index in [0.29, 0.717) is 0 Å². The molecular formula is C20H25ClN2O5. The first-order chi connectivity index (χ1) is 13.1. The molecule has 0 heterocycles. The zero-order valence-corrected chi connectivity index (χ0v) is 16.1. The molecule has 4 N–H and O–H groups in total. The maximum Gasteiger partial charge on any atom is 0.407 e. The summed E-state index contributed by atoms with van der Waals surface area (Å²) in [6.45, 7) is 0.360. The van der Waals surface area contributed by atoms with Crippen molar-refractivity contribution in [3.63, 3.8) is 0 Å². The molecule has 2 rings (SSSR count). The fraction of sp³-hybridized carbons (Fsp3) is 0.300. The summed E-state index contributed by atoms with van der Waals surface area (Å²) in [7, 11) is 0. The molecule has 2 unspecified atom stereocenters. The van der Waals surface area contributed by atoms with Crippen LogP contribution in [0.3, 0.4) is 0 Å². The number of alkyl carbamates (subject to hydrolysis) is 1. The summed E-state index contributed by atoms with van der Waals surface area (Å²) in [5, 5.41) is 12.5. The van der Waals surface area contributed by atoms with E-state index < -0.39 is 24.2 Å². The molecule has 8 heteroatoms. The third-order valence-electron chi connectivity index (χ3n) is 3.83. The van der Waals surface area contributed by atoms with Crippen molar-refractivity contribution >= 4 is 24.5 Å². The van der Waals surface area contributed by atoms with Gasteiger partial charge in [0.15, 0.2) is 0 Å². The van der Waals surface area contributed by atoms with Gasteiger partial charge in [-0.15, -0.1) is 12.4 Å². The average Bonchev–Trinajstić information content (AvgIpc) is 2.71. The molecule has 0 aliphatic carbocycles. The second kappa shape index (κ2) is 12.7. The first-order valence-electron chi connectivity index (χ1n) is 8.65. The molecule has 0 aliphatic heterocycles. The van der Waals surface area contributed by atoms with E-state index in [2.05, 4.69) is 5.32 Å². The number of rotatable bonds is 9. The lowest BCUT2D eigenvalue weighted by molar-refractivity contribution is -0.149. The van der Waals surface area contributed by atoms with E-state index in [1.165, 1.54) is 0 Å². The Bertz CT molecular complexity index is 715. The Kier molecular flexibility index (Phi) is 10.6. The molecule has 0 fully saturated rings. The van der Waals surface area contributed by atoms with Gasteiger partial charge in [-0.05, 0) is 17.5 Å². The lowest BCUT2D eigenvalue weighted by Crippen LogP contribution is -2.44. The molecule has 2 aromatic rings. The van der Waals surface area contributed by atoms with Crippen molar-refractivity contribution in [2.45, 2.75) is 31.8 Å². The summed E-state index contributed by atoms with van der Waals surface area (Å²) in [5.74, 6) is -0.696. The van der Waals surface area contributed by atoms with Crippen LogP contribution >= 0.6 is 12.4 Å². The summed E-state index contributed by atoms with van der Waals surface area (Å²) < 4.78 is 10.1. The zero-order chi connectivity index (χ0) is 19.5. The Morgan fingerprint density at radius 1 is 0.929 bits per heavy atom. The van der Waals surface area contributed by atoms with Gasteiger partial charge in [-0.25, -0.2) is 4.79 Å². The van der Waals surface area contributed by atoms with Crippen LogP contribution in [0.1, 0.15) is 17.5 Å². The number of hydrogen-bond donors (Lipinski definition) is 3. The molecule has 152 valence electrons. The molecule has 0 saturated heterocycles. The number of aliphatic hydroxyl groups excluding tert-OH is 1. The SMILES string of the molecule is Cl.NC(C(=O)OCc1ccccc1)C(O)CCNC(=O)OCc1ccccc1. The van der Waals surface area contributed by atoms with Gasteiger partial charge in [0.05, 0.1) is 6.10 Å². The molecule has 0 aliphatic rings. The number of amides is 1. The van der Waals surface area contributed by atoms with Crippen LogP contribution in [-0.2, 0) is 27.5 Å². The fourth-order valence-corrected chi connectivity index (χ4v) is 2.26. The largest absolute Gasteiger partial charge is 0.460 e. The lowest BCUT2D eigenvalue weighted by Gasteiger charge is -2.18. The highest BCUT2D eigenvalue weighted by atomic mass is 35.5. The summed E-state index contributed by atoms with van der Waals surface area (Å²) in [5.41, 5.74) is 7.41. The number of carbonyl (C=O) groups is 2. The Balaban J connectivity index is 0.00000392. The minimum absolute atomic E-state index is 0. The van der Waals surface area contributed by atoms with E-state index >= 15 is 0 Å². The van der Waals surface area contributed by atoms with Crippen molar-refractivity contribution < 1.29 is 24.2 Å². The molecule has 2 aromatic carbocycles. The molecule has 1 amide bonds. The number of hydrogen-bond acceptors (Lipinski definition) is 6. The zero-order valence-electron chi connectivity index (χ0n) is 15.3. The van der Waals surface area contributed by atoms with Crippen LogP contribution in [-0.4, -0.2) is 35.9 Å². The summed E-state index contributed by atoms with van der Waals surface area (Å²) >= 11 is 0. The quantitative estimate of drug-likeness (QED) is 0.548. The highest BCUT2D eigenvalue weighted by Gasteiger charge is 2.24. The number of halogens is 1. The minimum Gasteiger partial charge on any atom is -0.460 e. The van der Waals surface area contributed by atoms with Crippen LogP contribution in [0, 0.1) is 0 Å². The van der Waals surface area contributed by atoms with Crippen molar-refractivity contribution in [1.29, 1.82) is 0 Å². The topological polar surface area (TPSA) is 111 Å².